The van der Waals surface area contributed by atoms with Crippen molar-refractivity contribution in [2.24, 2.45) is 0 Å². The molecule has 0 aliphatic carbocycles. The van der Waals surface area contributed by atoms with Crippen LogP contribution in [0.5, 0.6) is 0 Å². The number of piperazine rings is 1. The number of amides is 2. The van der Waals surface area contributed by atoms with Gasteiger partial charge in [-0.2, -0.15) is 13.2 Å². The maximum atomic E-state index is 12.8. The molecule has 0 radical (unpaired) electrons. The van der Waals surface area contributed by atoms with E-state index in [2.05, 4.69) is 22.1 Å². The number of halogens is 3. The topological polar surface area (TPSA) is 35.6 Å². The van der Waals surface area contributed by atoms with Gasteiger partial charge >= 0.3 is 12.2 Å². The van der Waals surface area contributed by atoms with E-state index in [0.29, 0.717) is 6.54 Å². The van der Waals surface area contributed by atoms with Crippen LogP contribution < -0.4 is 5.32 Å². The van der Waals surface area contributed by atoms with Crippen LogP contribution in [0.4, 0.5) is 18.0 Å². The summed E-state index contributed by atoms with van der Waals surface area (Å²) in [4.78, 5) is 16.6. The average Bonchev–Trinajstić information content (AvgIpc) is 2.71. The Bertz CT molecular complexity index is 903. The molecule has 1 N–H and O–H groups in total. The van der Waals surface area contributed by atoms with Crippen LogP contribution in [0.25, 0.3) is 0 Å². The summed E-state index contributed by atoms with van der Waals surface area (Å²) in [6.07, 6.45) is -4.40. The van der Waals surface area contributed by atoms with Crippen LogP contribution in [-0.2, 0) is 6.18 Å². The molecule has 29 heavy (non-hydrogen) atoms. The predicted octanol–water partition coefficient (Wildman–Crippen LogP) is 3.76. The van der Waals surface area contributed by atoms with E-state index >= 15 is 0 Å². The van der Waals surface area contributed by atoms with Crippen molar-refractivity contribution < 1.29 is 18.0 Å². The van der Waals surface area contributed by atoms with E-state index in [-0.39, 0.29) is 24.2 Å². The van der Waals surface area contributed by atoms with Crippen LogP contribution in [-0.4, -0.2) is 49.1 Å². The lowest BCUT2D eigenvalue weighted by Gasteiger charge is -2.40. The monoisotopic (exact) mass is 401 g/mol. The van der Waals surface area contributed by atoms with Crippen molar-refractivity contribution in [3.63, 3.8) is 0 Å². The highest BCUT2D eigenvalue weighted by Gasteiger charge is 2.31. The van der Waals surface area contributed by atoms with Gasteiger partial charge in [-0.25, -0.2) is 4.79 Å². The quantitative estimate of drug-likeness (QED) is 0.778. The van der Waals surface area contributed by atoms with Crippen LogP contribution in [0.3, 0.4) is 0 Å². The molecule has 0 spiro atoms. The second kappa shape index (κ2) is 9.01. The van der Waals surface area contributed by atoms with E-state index in [1.807, 2.05) is 37.4 Å². The number of alkyl halides is 3. The molecule has 1 aliphatic heterocycles. The Kier molecular flexibility index (Phi) is 6.45. The first-order valence-electron chi connectivity index (χ1n) is 9.28. The van der Waals surface area contributed by atoms with Gasteiger partial charge in [0.15, 0.2) is 0 Å². The Morgan fingerprint density at radius 2 is 1.90 bits per heavy atom. The van der Waals surface area contributed by atoms with Gasteiger partial charge in [0.1, 0.15) is 0 Å². The zero-order chi connectivity index (χ0) is 20.9. The number of hydrogen-bond acceptors (Lipinski definition) is 2. The largest absolute Gasteiger partial charge is 0.416 e. The standard InChI is InChI=1S/C22H22F3N3O/c1-27-13-14-28(20(16-27)18-9-3-2-4-10-18)21(29)26-12-6-8-17-7-5-11-19(15-17)22(23,24)25/h2-5,7,9-11,15,20H,12-14,16H2,1H3,(H,26,29). The molecule has 0 aromatic heterocycles. The molecule has 0 saturated carbocycles. The van der Waals surface area contributed by atoms with Crippen LogP contribution >= 0.6 is 0 Å². The summed E-state index contributed by atoms with van der Waals surface area (Å²) in [7, 11) is 2.02. The minimum absolute atomic E-state index is 0.0585. The third-order valence-electron chi connectivity index (χ3n) is 4.78. The number of carbonyl (C=O) groups is 1. The third-order valence-corrected chi connectivity index (χ3v) is 4.78. The molecule has 0 bridgehead atoms. The molecule has 2 aromatic rings. The second-order valence-corrected chi connectivity index (χ2v) is 6.92. The van der Waals surface area contributed by atoms with Gasteiger partial charge in [-0.15, -0.1) is 0 Å². The zero-order valence-electron chi connectivity index (χ0n) is 16.0. The molecule has 152 valence electrons. The molecule has 1 heterocycles. The number of carbonyl (C=O) groups excluding carboxylic acids is 1. The Balaban J connectivity index is 1.63. The number of likely N-dealkylation sites (N-methyl/N-ethyl adjacent to an activating group) is 1. The molecule has 7 heteroatoms. The number of nitrogens with zero attached hydrogens (tertiary/aromatic N) is 2. The van der Waals surface area contributed by atoms with Gasteiger partial charge in [0, 0.05) is 25.2 Å². The van der Waals surface area contributed by atoms with Crippen LogP contribution in [0.2, 0.25) is 0 Å². The molecule has 2 amide bonds. The first-order chi connectivity index (χ1) is 13.8. The fraction of sp³-hybridized carbons (Fsp3) is 0.318. The summed E-state index contributed by atoms with van der Waals surface area (Å²) in [5.41, 5.74) is 0.580. The molecule has 3 rings (SSSR count). The fourth-order valence-electron chi connectivity index (χ4n) is 3.26. The first-order valence-corrected chi connectivity index (χ1v) is 9.28. The maximum Gasteiger partial charge on any atom is 0.416 e. The van der Waals surface area contributed by atoms with Crippen molar-refractivity contribution in [3.05, 3.63) is 71.3 Å². The summed E-state index contributed by atoms with van der Waals surface area (Å²) in [5.74, 6) is 5.40. The molecular weight excluding hydrogens is 379 g/mol. The SMILES string of the molecule is CN1CCN(C(=O)NCC#Cc2cccc(C(F)(F)F)c2)C(c2ccccc2)C1. The Morgan fingerprint density at radius 3 is 2.62 bits per heavy atom. The van der Waals surface area contributed by atoms with E-state index in [4.69, 9.17) is 0 Å². The van der Waals surface area contributed by atoms with Gasteiger partial charge in [0.05, 0.1) is 18.2 Å². The van der Waals surface area contributed by atoms with Crippen molar-refractivity contribution in [1.29, 1.82) is 0 Å². The van der Waals surface area contributed by atoms with Gasteiger partial charge in [0.2, 0.25) is 0 Å². The van der Waals surface area contributed by atoms with E-state index in [0.717, 1.165) is 30.8 Å². The average molecular weight is 401 g/mol. The van der Waals surface area contributed by atoms with E-state index < -0.39 is 11.7 Å². The lowest BCUT2D eigenvalue weighted by atomic mass is 10.0. The van der Waals surface area contributed by atoms with Crippen LogP contribution in [0.1, 0.15) is 22.7 Å². The van der Waals surface area contributed by atoms with Gasteiger partial charge < -0.3 is 15.1 Å². The summed E-state index contributed by atoms with van der Waals surface area (Å²) in [5, 5.41) is 2.75. The predicted molar refractivity (Wildman–Crippen MR) is 105 cm³/mol. The molecule has 2 aromatic carbocycles. The highest BCUT2D eigenvalue weighted by Crippen LogP contribution is 2.29. The Labute approximate surface area is 168 Å². The number of urea groups is 1. The van der Waals surface area contributed by atoms with Gasteiger partial charge in [0.25, 0.3) is 0 Å². The summed E-state index contributed by atoms with van der Waals surface area (Å²) >= 11 is 0. The van der Waals surface area contributed by atoms with Crippen LogP contribution in [0.15, 0.2) is 54.6 Å². The Hall–Kier alpha value is -2.98. The molecule has 1 atom stereocenters. The number of rotatable bonds is 2. The highest BCUT2D eigenvalue weighted by atomic mass is 19.4. The number of benzene rings is 2. The number of nitrogens with one attached hydrogen (secondary N) is 1. The third kappa shape index (κ3) is 5.52. The van der Waals surface area contributed by atoms with E-state index in [1.54, 1.807) is 4.90 Å². The lowest BCUT2D eigenvalue weighted by Crippen LogP contribution is -2.52. The zero-order valence-corrected chi connectivity index (χ0v) is 16.0. The molecular formula is C22H22F3N3O. The molecule has 1 fully saturated rings. The van der Waals surface area contributed by atoms with Crippen molar-refractivity contribution in [2.75, 3.05) is 33.2 Å². The molecule has 4 nitrogen and oxygen atoms in total. The second-order valence-electron chi connectivity index (χ2n) is 6.92. The van der Waals surface area contributed by atoms with Gasteiger partial charge in [-0.1, -0.05) is 48.2 Å². The smallest absolute Gasteiger partial charge is 0.327 e. The summed E-state index contributed by atoms with van der Waals surface area (Å²) in [6, 6.07) is 14.4. The molecule has 1 unspecified atom stereocenters. The highest BCUT2D eigenvalue weighted by molar-refractivity contribution is 5.75. The fourth-order valence-corrected chi connectivity index (χ4v) is 3.26. The van der Waals surface area contributed by atoms with Crippen molar-refractivity contribution >= 4 is 6.03 Å². The first kappa shape index (κ1) is 20.7. The van der Waals surface area contributed by atoms with Crippen molar-refractivity contribution in [2.45, 2.75) is 12.2 Å². The normalized spacial score (nSPS) is 17.4. The lowest BCUT2D eigenvalue weighted by molar-refractivity contribution is -0.137. The van der Waals surface area contributed by atoms with E-state index in [9.17, 15) is 18.0 Å². The Morgan fingerprint density at radius 1 is 1.14 bits per heavy atom. The van der Waals surface area contributed by atoms with Gasteiger partial charge in [-0.3, -0.25) is 0 Å². The number of hydrogen-bond donors (Lipinski definition) is 1. The van der Waals surface area contributed by atoms with Crippen LogP contribution in [0, 0.1) is 11.8 Å². The minimum Gasteiger partial charge on any atom is -0.327 e. The van der Waals surface area contributed by atoms with Crippen molar-refractivity contribution in [1.82, 2.24) is 15.1 Å². The molecule has 1 aliphatic rings. The summed E-state index contributed by atoms with van der Waals surface area (Å²) in [6.45, 7) is 2.14. The molecule has 1 saturated heterocycles. The van der Waals surface area contributed by atoms with E-state index in [1.165, 1.54) is 12.1 Å². The minimum atomic E-state index is -4.40. The van der Waals surface area contributed by atoms with Gasteiger partial charge in [-0.05, 0) is 30.8 Å². The maximum absolute atomic E-state index is 12.8. The van der Waals surface area contributed by atoms with Crippen molar-refractivity contribution in [3.8, 4) is 11.8 Å². The summed E-state index contributed by atoms with van der Waals surface area (Å²) < 4.78 is 38.3.